The van der Waals surface area contributed by atoms with Gasteiger partial charge in [-0.2, -0.15) is 0 Å². The van der Waals surface area contributed by atoms with Gasteiger partial charge in [0.1, 0.15) is 0 Å². The van der Waals surface area contributed by atoms with Crippen LogP contribution in [0.15, 0.2) is 24.3 Å². The maximum absolute atomic E-state index is 3.87. The van der Waals surface area contributed by atoms with Crippen molar-refractivity contribution in [1.82, 2.24) is 5.32 Å². The second-order valence-corrected chi connectivity index (χ2v) is 8.02. The van der Waals surface area contributed by atoms with Gasteiger partial charge in [-0.1, -0.05) is 18.6 Å². The molecular formula is C17H23ClIN. The first-order chi connectivity index (χ1) is 9.31. The number of rotatable bonds is 3. The van der Waals surface area contributed by atoms with Crippen molar-refractivity contribution in [2.45, 2.75) is 44.7 Å². The molecular weight excluding hydrogens is 381 g/mol. The predicted molar refractivity (Wildman–Crippen MR) is 94.1 cm³/mol. The van der Waals surface area contributed by atoms with Gasteiger partial charge >= 0.3 is 0 Å². The van der Waals surface area contributed by atoms with Gasteiger partial charge in [0.25, 0.3) is 0 Å². The minimum absolute atomic E-state index is 0. The molecule has 0 aromatic heterocycles. The van der Waals surface area contributed by atoms with Crippen LogP contribution in [0.1, 0.15) is 37.7 Å². The Kier molecular flexibility index (Phi) is 4.63. The topological polar surface area (TPSA) is 12.0 Å². The Labute approximate surface area is 141 Å². The molecule has 0 radical (unpaired) electrons. The molecule has 3 fully saturated rings. The lowest BCUT2D eigenvalue weighted by Crippen LogP contribution is -2.38. The standard InChI is InChI=1S/C17H22IN.ClH/c18-13-4-1-3-11(7-13)10-19-17-9-12-8-16(17)15-6-2-5-14(12)15;/h1,3-4,7,12,14-17,19H,2,5-6,8-10H2;1H/t12-,14+,15+,16-,17+;/m0./s1. The first-order valence-corrected chi connectivity index (χ1v) is 8.87. The van der Waals surface area contributed by atoms with Crippen LogP contribution in [0.5, 0.6) is 0 Å². The Balaban J connectivity index is 0.00000121. The van der Waals surface area contributed by atoms with Crippen LogP contribution in [-0.2, 0) is 6.54 Å². The van der Waals surface area contributed by atoms with Crippen LogP contribution in [0.4, 0.5) is 0 Å². The van der Waals surface area contributed by atoms with Crippen molar-refractivity contribution < 1.29 is 0 Å². The summed E-state index contributed by atoms with van der Waals surface area (Å²) in [5.41, 5.74) is 1.44. The molecule has 1 nitrogen and oxygen atoms in total. The van der Waals surface area contributed by atoms with E-state index in [1.807, 2.05) is 0 Å². The van der Waals surface area contributed by atoms with Gasteiger partial charge < -0.3 is 5.32 Å². The molecule has 0 amide bonds. The number of halogens is 2. The summed E-state index contributed by atoms with van der Waals surface area (Å²) in [6.45, 7) is 1.06. The van der Waals surface area contributed by atoms with Crippen LogP contribution >= 0.6 is 35.0 Å². The van der Waals surface area contributed by atoms with E-state index >= 15 is 0 Å². The number of benzene rings is 1. The summed E-state index contributed by atoms with van der Waals surface area (Å²) in [4.78, 5) is 0. The van der Waals surface area contributed by atoms with Crippen molar-refractivity contribution in [2.24, 2.45) is 23.7 Å². The second kappa shape index (κ2) is 6.13. The van der Waals surface area contributed by atoms with E-state index in [4.69, 9.17) is 0 Å². The largest absolute Gasteiger partial charge is 0.310 e. The van der Waals surface area contributed by atoms with Crippen LogP contribution in [0, 0.1) is 27.2 Å². The zero-order chi connectivity index (χ0) is 12.8. The molecule has 0 saturated heterocycles. The fraction of sp³-hybridized carbons (Fsp3) is 0.647. The molecule has 0 unspecified atom stereocenters. The maximum atomic E-state index is 3.87. The molecule has 0 aliphatic heterocycles. The highest BCUT2D eigenvalue weighted by Crippen LogP contribution is 2.58. The lowest BCUT2D eigenvalue weighted by atomic mass is 9.79. The van der Waals surface area contributed by atoms with Gasteiger partial charge in [-0.05, 0) is 89.6 Å². The highest BCUT2D eigenvalue weighted by atomic mass is 127. The van der Waals surface area contributed by atoms with Gasteiger partial charge in [0.05, 0.1) is 0 Å². The third-order valence-electron chi connectivity index (χ3n) is 5.89. The number of hydrogen-bond donors (Lipinski definition) is 1. The maximum Gasteiger partial charge on any atom is 0.0208 e. The molecule has 20 heavy (non-hydrogen) atoms. The van der Waals surface area contributed by atoms with Gasteiger partial charge in [0.2, 0.25) is 0 Å². The molecule has 3 heteroatoms. The second-order valence-electron chi connectivity index (χ2n) is 6.77. The molecule has 3 aliphatic rings. The Morgan fingerprint density at radius 3 is 2.80 bits per heavy atom. The smallest absolute Gasteiger partial charge is 0.0208 e. The fourth-order valence-electron chi connectivity index (χ4n) is 5.20. The van der Waals surface area contributed by atoms with Gasteiger partial charge in [0, 0.05) is 16.2 Å². The zero-order valence-corrected chi connectivity index (χ0v) is 14.7. The van der Waals surface area contributed by atoms with Crippen molar-refractivity contribution in [3.05, 3.63) is 33.4 Å². The van der Waals surface area contributed by atoms with Crippen LogP contribution in [0.25, 0.3) is 0 Å². The molecule has 0 spiro atoms. The van der Waals surface area contributed by atoms with Crippen LogP contribution < -0.4 is 5.32 Å². The first kappa shape index (κ1) is 15.1. The third kappa shape index (κ3) is 2.64. The molecule has 2 bridgehead atoms. The number of nitrogens with one attached hydrogen (secondary N) is 1. The average Bonchev–Trinajstić information content (AvgIpc) is 3.08. The summed E-state index contributed by atoms with van der Waals surface area (Å²) >= 11 is 2.40. The van der Waals surface area contributed by atoms with E-state index in [1.165, 1.54) is 41.2 Å². The van der Waals surface area contributed by atoms with E-state index in [2.05, 4.69) is 52.2 Å². The van der Waals surface area contributed by atoms with Gasteiger partial charge in [-0.25, -0.2) is 0 Å². The summed E-state index contributed by atoms with van der Waals surface area (Å²) in [7, 11) is 0. The third-order valence-corrected chi connectivity index (χ3v) is 6.56. The van der Waals surface area contributed by atoms with E-state index in [-0.39, 0.29) is 12.4 Å². The molecule has 3 saturated carbocycles. The summed E-state index contributed by atoms with van der Waals surface area (Å²) in [6.07, 6.45) is 7.55. The predicted octanol–water partition coefficient (Wildman–Crippen LogP) is 4.63. The normalized spacial score (nSPS) is 37.8. The monoisotopic (exact) mass is 403 g/mol. The molecule has 4 rings (SSSR count). The van der Waals surface area contributed by atoms with E-state index in [1.54, 1.807) is 0 Å². The molecule has 5 atom stereocenters. The minimum Gasteiger partial charge on any atom is -0.310 e. The van der Waals surface area contributed by atoms with Gasteiger partial charge in [-0.3, -0.25) is 0 Å². The molecule has 1 aromatic carbocycles. The van der Waals surface area contributed by atoms with E-state index in [0.717, 1.165) is 36.3 Å². The molecule has 110 valence electrons. The van der Waals surface area contributed by atoms with Crippen molar-refractivity contribution in [2.75, 3.05) is 0 Å². The molecule has 3 aliphatic carbocycles. The molecule has 1 N–H and O–H groups in total. The van der Waals surface area contributed by atoms with E-state index in [0.29, 0.717) is 0 Å². The van der Waals surface area contributed by atoms with E-state index < -0.39 is 0 Å². The van der Waals surface area contributed by atoms with Crippen LogP contribution in [0.3, 0.4) is 0 Å². The minimum atomic E-state index is 0. The molecule has 1 aromatic rings. The lowest BCUT2D eigenvalue weighted by Gasteiger charge is -2.32. The van der Waals surface area contributed by atoms with Gasteiger partial charge in [-0.15, -0.1) is 12.4 Å². The quantitative estimate of drug-likeness (QED) is 0.726. The van der Waals surface area contributed by atoms with Crippen molar-refractivity contribution >= 4 is 35.0 Å². The van der Waals surface area contributed by atoms with Crippen molar-refractivity contribution in [3.63, 3.8) is 0 Å². The Hall–Kier alpha value is 0.200. The van der Waals surface area contributed by atoms with Crippen molar-refractivity contribution in [3.8, 4) is 0 Å². The van der Waals surface area contributed by atoms with Gasteiger partial charge in [0.15, 0.2) is 0 Å². The highest BCUT2D eigenvalue weighted by Gasteiger charge is 2.53. The summed E-state index contributed by atoms with van der Waals surface area (Å²) in [5, 5.41) is 3.87. The fourth-order valence-corrected chi connectivity index (χ4v) is 5.81. The lowest BCUT2D eigenvalue weighted by molar-refractivity contribution is 0.208. The number of hydrogen-bond acceptors (Lipinski definition) is 1. The Morgan fingerprint density at radius 1 is 1.10 bits per heavy atom. The number of fused-ring (bicyclic) bond motifs is 5. The summed E-state index contributed by atoms with van der Waals surface area (Å²) < 4.78 is 1.35. The highest BCUT2D eigenvalue weighted by molar-refractivity contribution is 14.1. The van der Waals surface area contributed by atoms with Crippen LogP contribution in [-0.4, -0.2) is 6.04 Å². The zero-order valence-electron chi connectivity index (χ0n) is 11.7. The molecule has 0 heterocycles. The van der Waals surface area contributed by atoms with Crippen LogP contribution in [0.2, 0.25) is 0 Å². The Morgan fingerprint density at radius 2 is 1.95 bits per heavy atom. The Bertz CT molecular complexity index is 478. The SMILES string of the molecule is Cl.Ic1cccc(CN[C@@H]2C[C@@H]3C[C@H]2[C@@H]2CCC[C@H]32)c1. The summed E-state index contributed by atoms with van der Waals surface area (Å²) in [6, 6.07) is 9.71. The summed E-state index contributed by atoms with van der Waals surface area (Å²) in [5.74, 6) is 4.25. The average molecular weight is 404 g/mol. The van der Waals surface area contributed by atoms with Crippen molar-refractivity contribution in [1.29, 1.82) is 0 Å². The first-order valence-electron chi connectivity index (χ1n) is 7.79. The van der Waals surface area contributed by atoms with E-state index in [9.17, 15) is 0 Å².